The molecule has 3 aromatic rings. The number of rotatable bonds is 5. The summed E-state index contributed by atoms with van der Waals surface area (Å²) in [5, 5.41) is 4.69. The van der Waals surface area contributed by atoms with Gasteiger partial charge in [-0.3, -0.25) is 14.0 Å². The zero-order valence-corrected chi connectivity index (χ0v) is 16.3. The number of Topliss-reactive ketones (excluding diaryl/α,β-unsaturated/α-hetero) is 1. The Morgan fingerprint density at radius 2 is 2.00 bits per heavy atom. The largest absolute Gasteiger partial charge is 0.462 e. The molecule has 0 aliphatic heterocycles. The van der Waals surface area contributed by atoms with Crippen LogP contribution in [0.2, 0.25) is 0 Å². The third kappa shape index (κ3) is 3.04. The van der Waals surface area contributed by atoms with E-state index in [1.165, 1.54) is 22.7 Å². The summed E-state index contributed by atoms with van der Waals surface area (Å²) in [6.07, 6.45) is 1.70. The minimum atomic E-state index is -0.812. The fourth-order valence-electron chi connectivity index (χ4n) is 2.60. The van der Waals surface area contributed by atoms with Crippen molar-refractivity contribution in [3.8, 4) is 0 Å². The topological polar surface area (TPSA) is 89.8 Å². The number of nitrogens with one attached hydrogen (secondary N) is 1. The first-order valence-electron chi connectivity index (χ1n) is 7.90. The Bertz CT molecular complexity index is 1030. The van der Waals surface area contributed by atoms with Gasteiger partial charge in [-0.1, -0.05) is 0 Å². The summed E-state index contributed by atoms with van der Waals surface area (Å²) in [5.74, 6) is -2.03. The number of amides is 1. The molecule has 0 aromatic carbocycles. The molecule has 0 saturated carbocycles. The third-order valence-electron chi connectivity index (χ3n) is 3.95. The normalized spacial score (nSPS) is 10.9. The molecule has 0 radical (unpaired) electrons. The van der Waals surface area contributed by atoms with Crippen LogP contribution in [0.5, 0.6) is 0 Å². The van der Waals surface area contributed by atoms with Crippen LogP contribution in [0.1, 0.15) is 43.9 Å². The maximum absolute atomic E-state index is 12.7. The molecule has 7 nitrogen and oxygen atoms in total. The van der Waals surface area contributed by atoms with Crippen LogP contribution in [-0.4, -0.2) is 33.7 Å². The standard InChI is InChI=1S/C17H17N3O4S2/c1-5-24-16(23)11-8(2)10(4)26-15(11)19-14(22)13(21)12-9(3)18-17-20(12)6-7-25-17/h6-7H,5H2,1-4H3,(H,19,22). The summed E-state index contributed by atoms with van der Waals surface area (Å²) < 4.78 is 6.66. The number of fused-ring (bicyclic) bond motifs is 1. The van der Waals surface area contributed by atoms with E-state index in [0.29, 0.717) is 21.2 Å². The molecule has 9 heteroatoms. The number of esters is 1. The van der Waals surface area contributed by atoms with Gasteiger partial charge < -0.3 is 10.1 Å². The Morgan fingerprint density at radius 1 is 1.27 bits per heavy atom. The van der Waals surface area contributed by atoms with Crippen LogP contribution in [0.15, 0.2) is 11.6 Å². The molecule has 0 unspecified atom stereocenters. The fraction of sp³-hybridized carbons (Fsp3) is 0.294. The van der Waals surface area contributed by atoms with Crippen molar-refractivity contribution in [3.05, 3.63) is 39.0 Å². The average molecular weight is 391 g/mol. The van der Waals surface area contributed by atoms with Gasteiger partial charge in [-0.15, -0.1) is 22.7 Å². The second-order valence-electron chi connectivity index (χ2n) is 5.59. The highest BCUT2D eigenvalue weighted by Gasteiger charge is 2.27. The van der Waals surface area contributed by atoms with Gasteiger partial charge in [0.15, 0.2) is 4.96 Å². The van der Waals surface area contributed by atoms with Gasteiger partial charge in [0.25, 0.3) is 11.7 Å². The van der Waals surface area contributed by atoms with Crippen LogP contribution < -0.4 is 5.32 Å². The molecule has 3 rings (SSSR count). The van der Waals surface area contributed by atoms with Crippen LogP contribution in [0.3, 0.4) is 0 Å². The molecule has 136 valence electrons. The first-order valence-corrected chi connectivity index (χ1v) is 9.59. The van der Waals surface area contributed by atoms with Crippen LogP contribution in [0.25, 0.3) is 4.96 Å². The maximum atomic E-state index is 12.7. The summed E-state index contributed by atoms with van der Waals surface area (Å²) >= 11 is 2.62. The number of anilines is 1. The molecule has 0 saturated heterocycles. The Balaban J connectivity index is 1.92. The van der Waals surface area contributed by atoms with Gasteiger partial charge in [0, 0.05) is 16.5 Å². The smallest absolute Gasteiger partial charge is 0.341 e. The number of thiazole rings is 1. The lowest BCUT2D eigenvalue weighted by Gasteiger charge is -2.07. The number of ketones is 1. The second kappa shape index (κ2) is 7.00. The molecule has 3 heterocycles. The average Bonchev–Trinajstić information content (AvgIpc) is 3.21. The number of imidazole rings is 1. The number of carbonyl (C=O) groups is 3. The molecule has 0 fully saturated rings. The Labute approximate surface area is 157 Å². The van der Waals surface area contributed by atoms with Crippen molar-refractivity contribution >= 4 is 50.3 Å². The highest BCUT2D eigenvalue weighted by molar-refractivity contribution is 7.17. The molecule has 0 aliphatic carbocycles. The molecule has 26 heavy (non-hydrogen) atoms. The van der Waals surface area contributed by atoms with E-state index in [1.54, 1.807) is 36.7 Å². The van der Waals surface area contributed by atoms with Gasteiger partial charge in [0.05, 0.1) is 17.9 Å². The summed E-state index contributed by atoms with van der Waals surface area (Å²) in [6.45, 7) is 7.25. The van der Waals surface area contributed by atoms with Crippen molar-refractivity contribution in [1.29, 1.82) is 0 Å². The zero-order valence-electron chi connectivity index (χ0n) is 14.7. The number of ether oxygens (including phenoxy) is 1. The maximum Gasteiger partial charge on any atom is 0.341 e. The van der Waals surface area contributed by atoms with E-state index < -0.39 is 17.7 Å². The monoisotopic (exact) mass is 391 g/mol. The van der Waals surface area contributed by atoms with E-state index in [0.717, 1.165) is 10.4 Å². The molecule has 0 bridgehead atoms. The molecular formula is C17H17N3O4S2. The number of aryl methyl sites for hydroxylation is 2. The highest BCUT2D eigenvalue weighted by atomic mass is 32.1. The third-order valence-corrected chi connectivity index (χ3v) is 5.83. The van der Waals surface area contributed by atoms with E-state index in [1.807, 2.05) is 6.92 Å². The van der Waals surface area contributed by atoms with Gasteiger partial charge in [0.1, 0.15) is 10.7 Å². The van der Waals surface area contributed by atoms with E-state index in [4.69, 9.17) is 4.74 Å². The van der Waals surface area contributed by atoms with Gasteiger partial charge in [-0.25, -0.2) is 9.78 Å². The van der Waals surface area contributed by atoms with Crippen LogP contribution in [0.4, 0.5) is 5.00 Å². The Morgan fingerprint density at radius 3 is 2.69 bits per heavy atom. The number of hydrogen-bond donors (Lipinski definition) is 1. The van der Waals surface area contributed by atoms with Gasteiger partial charge in [-0.05, 0) is 33.3 Å². The van der Waals surface area contributed by atoms with Crippen molar-refractivity contribution < 1.29 is 19.1 Å². The molecule has 0 aliphatic rings. The van der Waals surface area contributed by atoms with Crippen LogP contribution >= 0.6 is 22.7 Å². The summed E-state index contributed by atoms with van der Waals surface area (Å²) in [7, 11) is 0. The first-order chi connectivity index (χ1) is 12.3. The number of aromatic nitrogens is 2. The molecule has 3 aromatic heterocycles. The second-order valence-corrected chi connectivity index (χ2v) is 7.69. The van der Waals surface area contributed by atoms with E-state index >= 15 is 0 Å². The Kier molecular flexibility index (Phi) is 4.92. The van der Waals surface area contributed by atoms with Crippen LogP contribution in [0, 0.1) is 20.8 Å². The van der Waals surface area contributed by atoms with E-state index in [9.17, 15) is 14.4 Å². The van der Waals surface area contributed by atoms with Gasteiger partial charge in [-0.2, -0.15) is 0 Å². The van der Waals surface area contributed by atoms with Gasteiger partial charge in [0.2, 0.25) is 0 Å². The number of hydrogen-bond acceptors (Lipinski definition) is 7. The van der Waals surface area contributed by atoms with Crippen molar-refractivity contribution in [2.45, 2.75) is 27.7 Å². The zero-order chi connectivity index (χ0) is 19.0. The van der Waals surface area contributed by atoms with Crippen molar-refractivity contribution in [2.24, 2.45) is 0 Å². The lowest BCUT2D eigenvalue weighted by Crippen LogP contribution is -2.25. The molecule has 1 N–H and O–H groups in total. The Hall–Kier alpha value is -2.52. The van der Waals surface area contributed by atoms with E-state index in [2.05, 4.69) is 10.3 Å². The number of thiophene rings is 1. The molecular weight excluding hydrogens is 374 g/mol. The molecule has 0 spiro atoms. The van der Waals surface area contributed by atoms with Crippen LogP contribution in [-0.2, 0) is 9.53 Å². The summed E-state index contributed by atoms with van der Waals surface area (Å²) in [5.41, 5.74) is 1.74. The first kappa shape index (κ1) is 18.3. The van der Waals surface area contributed by atoms with E-state index in [-0.39, 0.29) is 12.3 Å². The highest BCUT2D eigenvalue weighted by Crippen LogP contribution is 2.33. The van der Waals surface area contributed by atoms with Gasteiger partial charge >= 0.3 is 5.97 Å². The minimum absolute atomic E-state index is 0.224. The minimum Gasteiger partial charge on any atom is -0.462 e. The predicted molar refractivity (Wildman–Crippen MR) is 101 cm³/mol. The SMILES string of the molecule is CCOC(=O)c1c(NC(=O)C(=O)c2c(C)nc3sccn23)sc(C)c1C. The summed E-state index contributed by atoms with van der Waals surface area (Å²) in [6, 6.07) is 0. The van der Waals surface area contributed by atoms with Crippen molar-refractivity contribution in [1.82, 2.24) is 9.38 Å². The summed E-state index contributed by atoms with van der Waals surface area (Å²) in [4.78, 5) is 43.2. The lowest BCUT2D eigenvalue weighted by atomic mass is 10.1. The quantitative estimate of drug-likeness (QED) is 0.409. The lowest BCUT2D eigenvalue weighted by molar-refractivity contribution is -0.112. The molecule has 1 amide bonds. The van der Waals surface area contributed by atoms with Crippen molar-refractivity contribution in [3.63, 3.8) is 0 Å². The fourth-order valence-corrected chi connectivity index (χ4v) is 4.40. The molecule has 0 atom stereocenters. The number of carbonyl (C=O) groups excluding carboxylic acids is 3. The van der Waals surface area contributed by atoms with Crippen molar-refractivity contribution in [2.75, 3.05) is 11.9 Å². The predicted octanol–water partition coefficient (Wildman–Crippen LogP) is 3.38. The number of nitrogens with zero attached hydrogens (tertiary/aromatic N) is 2.